The summed E-state index contributed by atoms with van der Waals surface area (Å²) in [6.45, 7) is 11.0. The van der Waals surface area contributed by atoms with Gasteiger partial charge in [-0.2, -0.15) is 0 Å². The molecule has 0 rings (SSSR count). The van der Waals surface area contributed by atoms with Crippen molar-refractivity contribution in [1.82, 2.24) is 5.32 Å². The number of hydrogen-bond acceptors (Lipinski definition) is 3. The third kappa shape index (κ3) is 7.11. The van der Waals surface area contributed by atoms with Gasteiger partial charge in [0.15, 0.2) is 0 Å². The number of ether oxygens (including phenoxy) is 1. The highest BCUT2D eigenvalue weighted by Gasteiger charge is 2.17. The van der Waals surface area contributed by atoms with Crippen molar-refractivity contribution in [2.24, 2.45) is 5.92 Å². The standard InChI is InChI=1S/C11H21NO3/c1-8(2)7-15-6-5-12-10(4)9(3)11(13)14/h9-10,12H,1,5-7H2,2-4H3,(H,13,14). The lowest BCUT2D eigenvalue weighted by Crippen LogP contribution is -2.38. The van der Waals surface area contributed by atoms with Crippen LogP contribution in [0.25, 0.3) is 0 Å². The van der Waals surface area contributed by atoms with Crippen molar-refractivity contribution in [3.8, 4) is 0 Å². The fourth-order valence-electron chi connectivity index (χ4n) is 0.996. The van der Waals surface area contributed by atoms with Gasteiger partial charge in [-0.1, -0.05) is 19.1 Å². The summed E-state index contributed by atoms with van der Waals surface area (Å²) in [5.41, 5.74) is 0.988. The lowest BCUT2D eigenvalue weighted by Gasteiger charge is -2.17. The molecule has 2 unspecified atom stereocenters. The highest BCUT2D eigenvalue weighted by atomic mass is 16.5. The van der Waals surface area contributed by atoms with E-state index in [9.17, 15) is 4.79 Å². The van der Waals surface area contributed by atoms with E-state index in [4.69, 9.17) is 9.84 Å². The molecule has 0 bridgehead atoms. The van der Waals surface area contributed by atoms with Gasteiger partial charge in [-0.25, -0.2) is 0 Å². The molecule has 0 aliphatic rings. The van der Waals surface area contributed by atoms with Crippen molar-refractivity contribution in [3.05, 3.63) is 12.2 Å². The predicted molar refractivity (Wildman–Crippen MR) is 59.9 cm³/mol. The Labute approximate surface area is 91.3 Å². The number of carboxylic acids is 1. The van der Waals surface area contributed by atoms with Gasteiger partial charge in [0, 0.05) is 12.6 Å². The van der Waals surface area contributed by atoms with Crippen LogP contribution in [0.4, 0.5) is 0 Å². The van der Waals surface area contributed by atoms with Crippen molar-refractivity contribution in [2.75, 3.05) is 19.8 Å². The van der Waals surface area contributed by atoms with Crippen LogP contribution < -0.4 is 5.32 Å². The second-order valence-electron chi connectivity index (χ2n) is 3.88. The fourth-order valence-corrected chi connectivity index (χ4v) is 0.996. The minimum Gasteiger partial charge on any atom is -0.481 e. The first-order valence-electron chi connectivity index (χ1n) is 5.13. The summed E-state index contributed by atoms with van der Waals surface area (Å²) in [4.78, 5) is 10.6. The van der Waals surface area contributed by atoms with Crippen LogP contribution in [0, 0.1) is 5.92 Å². The van der Waals surface area contributed by atoms with Crippen molar-refractivity contribution in [2.45, 2.75) is 26.8 Å². The number of aliphatic carboxylic acids is 1. The van der Waals surface area contributed by atoms with Crippen LogP contribution in [0.2, 0.25) is 0 Å². The second-order valence-corrected chi connectivity index (χ2v) is 3.88. The maximum atomic E-state index is 10.6. The van der Waals surface area contributed by atoms with E-state index in [1.165, 1.54) is 0 Å². The van der Waals surface area contributed by atoms with E-state index in [1.54, 1.807) is 6.92 Å². The normalized spacial score (nSPS) is 14.6. The van der Waals surface area contributed by atoms with Gasteiger partial charge in [0.2, 0.25) is 0 Å². The molecule has 0 heterocycles. The van der Waals surface area contributed by atoms with E-state index >= 15 is 0 Å². The van der Waals surface area contributed by atoms with Gasteiger partial charge < -0.3 is 15.2 Å². The maximum Gasteiger partial charge on any atom is 0.307 e. The summed E-state index contributed by atoms with van der Waals surface area (Å²) in [6, 6.07) is -0.0454. The molecular weight excluding hydrogens is 194 g/mol. The quantitative estimate of drug-likeness (QED) is 0.473. The number of carboxylic acid groups (broad SMARTS) is 1. The summed E-state index contributed by atoms with van der Waals surface area (Å²) in [7, 11) is 0. The Morgan fingerprint density at radius 2 is 2.13 bits per heavy atom. The van der Waals surface area contributed by atoms with Gasteiger partial charge in [0.05, 0.1) is 19.1 Å². The fraction of sp³-hybridized carbons (Fsp3) is 0.727. The van der Waals surface area contributed by atoms with Gasteiger partial charge in [0.1, 0.15) is 0 Å². The third-order valence-corrected chi connectivity index (χ3v) is 2.20. The molecule has 0 aliphatic heterocycles. The van der Waals surface area contributed by atoms with Gasteiger partial charge in [-0.05, 0) is 13.8 Å². The van der Waals surface area contributed by atoms with Crippen LogP contribution in [-0.4, -0.2) is 36.9 Å². The monoisotopic (exact) mass is 215 g/mol. The SMILES string of the molecule is C=C(C)COCCNC(C)C(C)C(=O)O. The van der Waals surface area contributed by atoms with Crippen LogP contribution in [0.1, 0.15) is 20.8 Å². The first kappa shape index (κ1) is 14.1. The number of nitrogens with one attached hydrogen (secondary N) is 1. The molecule has 0 aromatic rings. The van der Waals surface area contributed by atoms with E-state index in [-0.39, 0.29) is 12.0 Å². The van der Waals surface area contributed by atoms with E-state index in [2.05, 4.69) is 11.9 Å². The summed E-state index contributed by atoms with van der Waals surface area (Å²) in [5.74, 6) is -1.16. The van der Waals surface area contributed by atoms with Crippen molar-refractivity contribution in [1.29, 1.82) is 0 Å². The highest BCUT2D eigenvalue weighted by molar-refractivity contribution is 5.70. The molecule has 0 fully saturated rings. The third-order valence-electron chi connectivity index (χ3n) is 2.20. The van der Waals surface area contributed by atoms with Crippen LogP contribution in [0.15, 0.2) is 12.2 Å². The van der Waals surface area contributed by atoms with Gasteiger partial charge in [-0.3, -0.25) is 4.79 Å². The molecule has 2 atom stereocenters. The Balaban J connectivity index is 3.50. The second kappa shape index (κ2) is 7.43. The smallest absolute Gasteiger partial charge is 0.307 e. The first-order chi connectivity index (χ1) is 6.95. The topological polar surface area (TPSA) is 58.6 Å². The Hall–Kier alpha value is -0.870. The summed E-state index contributed by atoms with van der Waals surface area (Å²) in [5, 5.41) is 11.8. The first-order valence-corrected chi connectivity index (χ1v) is 5.13. The molecule has 4 heteroatoms. The lowest BCUT2D eigenvalue weighted by atomic mass is 10.0. The molecule has 15 heavy (non-hydrogen) atoms. The largest absolute Gasteiger partial charge is 0.481 e. The average Bonchev–Trinajstić information content (AvgIpc) is 2.15. The van der Waals surface area contributed by atoms with E-state index in [1.807, 2.05) is 13.8 Å². The molecule has 88 valence electrons. The van der Waals surface area contributed by atoms with Crippen LogP contribution in [0.5, 0.6) is 0 Å². The van der Waals surface area contributed by atoms with Crippen molar-refractivity contribution >= 4 is 5.97 Å². The van der Waals surface area contributed by atoms with Gasteiger partial charge in [-0.15, -0.1) is 0 Å². The van der Waals surface area contributed by atoms with Crippen molar-refractivity contribution < 1.29 is 14.6 Å². The molecule has 2 N–H and O–H groups in total. The summed E-state index contributed by atoms with van der Waals surface area (Å²) >= 11 is 0. The number of carbonyl (C=O) groups is 1. The Kier molecular flexibility index (Phi) is 6.99. The number of rotatable bonds is 8. The van der Waals surface area contributed by atoms with Crippen LogP contribution in [0.3, 0.4) is 0 Å². The zero-order valence-electron chi connectivity index (χ0n) is 9.75. The molecular formula is C11H21NO3. The highest BCUT2D eigenvalue weighted by Crippen LogP contribution is 2.01. The summed E-state index contributed by atoms with van der Waals surface area (Å²) in [6.07, 6.45) is 0. The summed E-state index contributed by atoms with van der Waals surface area (Å²) < 4.78 is 5.28. The van der Waals surface area contributed by atoms with Gasteiger partial charge >= 0.3 is 5.97 Å². The number of hydrogen-bond donors (Lipinski definition) is 2. The zero-order valence-corrected chi connectivity index (χ0v) is 9.75. The van der Waals surface area contributed by atoms with Crippen molar-refractivity contribution in [3.63, 3.8) is 0 Å². The molecule has 0 saturated carbocycles. The van der Waals surface area contributed by atoms with Gasteiger partial charge in [0.25, 0.3) is 0 Å². The maximum absolute atomic E-state index is 10.6. The Bertz CT molecular complexity index is 216. The molecule has 0 spiro atoms. The zero-order chi connectivity index (χ0) is 11.8. The van der Waals surface area contributed by atoms with E-state index < -0.39 is 5.97 Å². The van der Waals surface area contributed by atoms with Crippen LogP contribution >= 0.6 is 0 Å². The molecule has 4 nitrogen and oxygen atoms in total. The van der Waals surface area contributed by atoms with Crippen LogP contribution in [-0.2, 0) is 9.53 Å². The predicted octanol–water partition coefficient (Wildman–Crippen LogP) is 1.28. The minimum atomic E-state index is -0.780. The lowest BCUT2D eigenvalue weighted by molar-refractivity contribution is -0.141. The minimum absolute atomic E-state index is 0.0454. The molecule has 0 aromatic carbocycles. The van der Waals surface area contributed by atoms with E-state index in [0.717, 1.165) is 5.57 Å². The molecule has 0 aliphatic carbocycles. The molecule has 0 saturated heterocycles. The Morgan fingerprint density at radius 3 is 2.60 bits per heavy atom. The average molecular weight is 215 g/mol. The van der Waals surface area contributed by atoms with E-state index in [0.29, 0.717) is 19.8 Å². The molecule has 0 radical (unpaired) electrons. The Morgan fingerprint density at radius 1 is 1.53 bits per heavy atom. The molecule has 0 amide bonds. The molecule has 0 aromatic heterocycles.